The van der Waals surface area contributed by atoms with Crippen molar-refractivity contribution in [1.82, 2.24) is 8.97 Å². The van der Waals surface area contributed by atoms with E-state index in [-0.39, 0.29) is 12.4 Å². The summed E-state index contributed by atoms with van der Waals surface area (Å²) in [7, 11) is 0. The smallest absolute Gasteiger partial charge is 0.341 e. The summed E-state index contributed by atoms with van der Waals surface area (Å²) in [6.07, 6.45) is 0. The molecule has 0 unspecified atom stereocenters. The molecule has 0 fully saturated rings. The maximum absolute atomic E-state index is 13.7. The van der Waals surface area contributed by atoms with Gasteiger partial charge in [0.15, 0.2) is 0 Å². The standard InChI is InChI=1S/C29H25ClN2O3/c1-4-35-29(34)23-16-26(27(33)21-10-12-22(30)13-11-21)32-25-15-19(3)18(2)14-24(25)31(28(23)32)17-20-8-6-5-7-9-20/h5-16H,4,17H2,1-3H3. The molecule has 0 aliphatic carbocycles. The molecule has 5 rings (SSSR count). The van der Waals surface area contributed by atoms with Gasteiger partial charge >= 0.3 is 5.97 Å². The highest BCUT2D eigenvalue weighted by Gasteiger charge is 2.27. The highest BCUT2D eigenvalue weighted by Crippen LogP contribution is 2.32. The third-order valence-corrected chi connectivity index (χ3v) is 6.62. The first-order valence-corrected chi connectivity index (χ1v) is 11.9. The van der Waals surface area contributed by atoms with Gasteiger partial charge in [-0.1, -0.05) is 41.9 Å². The van der Waals surface area contributed by atoms with Crippen molar-refractivity contribution in [3.63, 3.8) is 0 Å². The zero-order valence-corrected chi connectivity index (χ0v) is 20.6. The van der Waals surface area contributed by atoms with Crippen LogP contribution in [0, 0.1) is 13.8 Å². The summed E-state index contributed by atoms with van der Waals surface area (Å²) in [4.78, 5) is 26.8. The summed E-state index contributed by atoms with van der Waals surface area (Å²) < 4.78 is 9.40. The molecule has 0 spiro atoms. The molecule has 0 aliphatic heterocycles. The normalized spacial score (nSPS) is 11.3. The molecule has 0 N–H and O–H groups in total. The Kier molecular flexibility index (Phi) is 5.95. The Balaban J connectivity index is 1.85. The Morgan fingerprint density at radius 3 is 2.20 bits per heavy atom. The van der Waals surface area contributed by atoms with Crippen molar-refractivity contribution >= 4 is 40.0 Å². The van der Waals surface area contributed by atoms with Crippen LogP contribution in [0.2, 0.25) is 5.02 Å². The van der Waals surface area contributed by atoms with Gasteiger partial charge in [-0.25, -0.2) is 4.79 Å². The maximum atomic E-state index is 13.7. The van der Waals surface area contributed by atoms with E-state index in [1.807, 2.05) is 29.5 Å². The number of carbonyl (C=O) groups excluding carboxylic acids is 2. The van der Waals surface area contributed by atoms with E-state index in [0.717, 1.165) is 27.7 Å². The van der Waals surface area contributed by atoms with Gasteiger partial charge in [0.05, 0.1) is 23.3 Å². The van der Waals surface area contributed by atoms with Crippen molar-refractivity contribution in [2.45, 2.75) is 27.3 Å². The zero-order chi connectivity index (χ0) is 24.7. The molecule has 3 aromatic carbocycles. The molecule has 0 saturated heterocycles. The number of hydrogen-bond acceptors (Lipinski definition) is 3. The lowest BCUT2D eigenvalue weighted by molar-refractivity contribution is 0.0528. The van der Waals surface area contributed by atoms with Crippen LogP contribution in [0.4, 0.5) is 0 Å². The van der Waals surface area contributed by atoms with E-state index in [0.29, 0.717) is 34.0 Å². The summed E-state index contributed by atoms with van der Waals surface area (Å²) in [6.45, 7) is 6.67. The van der Waals surface area contributed by atoms with E-state index in [1.54, 1.807) is 37.3 Å². The topological polar surface area (TPSA) is 52.7 Å². The summed E-state index contributed by atoms with van der Waals surface area (Å²) >= 11 is 6.05. The van der Waals surface area contributed by atoms with Crippen molar-refractivity contribution in [3.8, 4) is 0 Å². The molecule has 0 saturated carbocycles. The van der Waals surface area contributed by atoms with Gasteiger partial charge in [-0.05, 0) is 79.9 Å². The third-order valence-electron chi connectivity index (χ3n) is 6.37. The maximum Gasteiger partial charge on any atom is 0.341 e. The van der Waals surface area contributed by atoms with Crippen molar-refractivity contribution in [2.75, 3.05) is 6.61 Å². The van der Waals surface area contributed by atoms with E-state index in [1.165, 1.54) is 0 Å². The molecular weight excluding hydrogens is 460 g/mol. The van der Waals surface area contributed by atoms with E-state index in [4.69, 9.17) is 16.3 Å². The fourth-order valence-corrected chi connectivity index (χ4v) is 4.63. The first-order valence-electron chi connectivity index (χ1n) is 11.5. The van der Waals surface area contributed by atoms with Gasteiger partial charge in [-0.15, -0.1) is 0 Å². The average Bonchev–Trinajstić information content (AvgIpc) is 3.37. The van der Waals surface area contributed by atoms with E-state index >= 15 is 0 Å². The zero-order valence-electron chi connectivity index (χ0n) is 19.8. The number of halogens is 1. The number of ether oxygens (including phenoxy) is 1. The summed E-state index contributed by atoms with van der Waals surface area (Å²) in [5.74, 6) is -0.644. The Hall–Kier alpha value is -3.83. The van der Waals surface area contributed by atoms with Crippen LogP contribution in [0.1, 0.15) is 50.0 Å². The van der Waals surface area contributed by atoms with Gasteiger partial charge in [0.25, 0.3) is 0 Å². The minimum atomic E-state index is -0.453. The molecule has 0 aliphatic rings. The van der Waals surface area contributed by atoms with Crippen LogP contribution in [0.15, 0.2) is 72.8 Å². The molecule has 0 bridgehead atoms. The highest BCUT2D eigenvalue weighted by molar-refractivity contribution is 6.30. The lowest BCUT2D eigenvalue weighted by atomic mass is 10.1. The predicted molar refractivity (Wildman–Crippen MR) is 139 cm³/mol. The Bertz CT molecular complexity index is 1580. The van der Waals surface area contributed by atoms with Crippen LogP contribution in [0.3, 0.4) is 0 Å². The summed E-state index contributed by atoms with van der Waals surface area (Å²) in [5.41, 5.74) is 7.06. The molecule has 0 amide bonds. The quantitative estimate of drug-likeness (QED) is 0.201. The SMILES string of the molecule is CCOC(=O)c1cc(C(=O)c2ccc(Cl)cc2)n2c3cc(C)c(C)cc3n(Cc3ccccc3)c12. The molecule has 35 heavy (non-hydrogen) atoms. The number of fused-ring (bicyclic) bond motifs is 3. The van der Waals surface area contributed by atoms with E-state index in [9.17, 15) is 9.59 Å². The molecule has 2 heterocycles. The average molecular weight is 485 g/mol. The number of carbonyl (C=O) groups is 2. The fraction of sp³-hybridized carbons (Fsp3) is 0.172. The molecule has 6 heteroatoms. The van der Waals surface area contributed by atoms with Gasteiger partial charge in [0, 0.05) is 17.1 Å². The van der Waals surface area contributed by atoms with Crippen LogP contribution in [0.25, 0.3) is 16.7 Å². The molecular formula is C29H25ClN2O3. The van der Waals surface area contributed by atoms with Crippen LogP contribution >= 0.6 is 11.6 Å². The van der Waals surface area contributed by atoms with Crippen LogP contribution < -0.4 is 0 Å². The molecule has 176 valence electrons. The van der Waals surface area contributed by atoms with Gasteiger partial charge in [0.2, 0.25) is 5.78 Å². The Morgan fingerprint density at radius 1 is 0.886 bits per heavy atom. The van der Waals surface area contributed by atoms with Crippen molar-refractivity contribution in [1.29, 1.82) is 0 Å². The second-order valence-electron chi connectivity index (χ2n) is 8.66. The summed E-state index contributed by atoms with van der Waals surface area (Å²) in [6, 6.07) is 22.7. The first kappa shape index (κ1) is 22.9. The monoisotopic (exact) mass is 484 g/mol. The second kappa shape index (κ2) is 9.08. The van der Waals surface area contributed by atoms with Crippen LogP contribution in [0.5, 0.6) is 0 Å². The fourth-order valence-electron chi connectivity index (χ4n) is 4.51. The Morgan fingerprint density at radius 2 is 1.54 bits per heavy atom. The number of ketones is 1. The van der Waals surface area contributed by atoms with Crippen LogP contribution in [-0.4, -0.2) is 27.3 Å². The van der Waals surface area contributed by atoms with Crippen molar-refractivity contribution in [3.05, 3.63) is 111 Å². The van der Waals surface area contributed by atoms with E-state index < -0.39 is 5.97 Å². The molecule has 0 radical (unpaired) electrons. The van der Waals surface area contributed by atoms with Gasteiger partial charge in [-0.2, -0.15) is 0 Å². The number of nitrogens with zero attached hydrogens (tertiary/aromatic N) is 2. The molecule has 5 aromatic rings. The van der Waals surface area contributed by atoms with Gasteiger partial charge in [0.1, 0.15) is 11.2 Å². The number of rotatable bonds is 6. The number of benzene rings is 3. The number of imidazole rings is 1. The number of aromatic nitrogens is 2. The second-order valence-corrected chi connectivity index (χ2v) is 9.09. The number of aryl methyl sites for hydroxylation is 2. The van der Waals surface area contributed by atoms with E-state index in [2.05, 4.69) is 35.8 Å². The first-order chi connectivity index (χ1) is 16.9. The highest BCUT2D eigenvalue weighted by atomic mass is 35.5. The minimum absolute atomic E-state index is 0.191. The molecule has 2 aromatic heterocycles. The van der Waals surface area contributed by atoms with Crippen molar-refractivity contribution < 1.29 is 14.3 Å². The predicted octanol–water partition coefficient (Wildman–Crippen LogP) is 6.62. The largest absolute Gasteiger partial charge is 0.462 e. The molecule has 5 nitrogen and oxygen atoms in total. The van der Waals surface area contributed by atoms with Gasteiger partial charge in [-0.3, -0.25) is 9.20 Å². The molecule has 0 atom stereocenters. The lowest BCUT2D eigenvalue weighted by Crippen LogP contribution is -2.07. The Labute approximate surface area is 208 Å². The minimum Gasteiger partial charge on any atom is -0.462 e. The van der Waals surface area contributed by atoms with Gasteiger partial charge < -0.3 is 9.30 Å². The number of esters is 1. The summed E-state index contributed by atoms with van der Waals surface area (Å²) in [5, 5.41) is 0.555. The van der Waals surface area contributed by atoms with Crippen LogP contribution in [-0.2, 0) is 11.3 Å². The third kappa shape index (κ3) is 4.02. The number of hydrogen-bond donors (Lipinski definition) is 0. The van der Waals surface area contributed by atoms with Crippen molar-refractivity contribution in [2.24, 2.45) is 0 Å². The lowest BCUT2D eigenvalue weighted by Gasteiger charge is -2.09.